The van der Waals surface area contributed by atoms with Crippen molar-refractivity contribution in [2.75, 3.05) is 19.3 Å². The third-order valence-electron chi connectivity index (χ3n) is 3.55. The van der Waals surface area contributed by atoms with Crippen LogP contribution in [0.15, 0.2) is 29.2 Å². The molecule has 23 heavy (non-hydrogen) atoms. The van der Waals surface area contributed by atoms with Crippen molar-refractivity contribution in [2.24, 2.45) is 0 Å². The van der Waals surface area contributed by atoms with Gasteiger partial charge in [0.2, 0.25) is 5.43 Å². The Morgan fingerprint density at radius 3 is 2.65 bits per heavy atom. The number of nitrogens with two attached hydrogens (primary N) is 1. The number of aliphatic carboxylic acids is 1. The van der Waals surface area contributed by atoms with Gasteiger partial charge in [-0.2, -0.15) is 0 Å². The summed E-state index contributed by atoms with van der Waals surface area (Å²) in [5.41, 5.74) is 6.32. The van der Waals surface area contributed by atoms with Gasteiger partial charge in [0, 0.05) is 25.5 Å². The molecular formula is C16H19N3O4. The number of carbonyl (C=O) groups is 2. The first kappa shape index (κ1) is 16.5. The monoisotopic (exact) mass is 317 g/mol. The zero-order chi connectivity index (χ0) is 17.1. The molecule has 1 amide bonds. The first-order valence-corrected chi connectivity index (χ1v) is 7.25. The lowest BCUT2D eigenvalue weighted by Crippen LogP contribution is -2.35. The Hall–Kier alpha value is -2.83. The summed E-state index contributed by atoms with van der Waals surface area (Å²) in [7, 11) is 1.35. The fourth-order valence-corrected chi connectivity index (χ4v) is 2.52. The molecule has 0 atom stereocenters. The molecule has 0 aliphatic heterocycles. The number of fused-ring (bicyclic) bond motifs is 1. The van der Waals surface area contributed by atoms with Gasteiger partial charge in [0.05, 0.1) is 10.9 Å². The molecule has 0 saturated heterocycles. The Labute approximate surface area is 132 Å². The molecule has 0 bridgehead atoms. The van der Waals surface area contributed by atoms with Crippen molar-refractivity contribution in [2.45, 2.75) is 19.9 Å². The van der Waals surface area contributed by atoms with Crippen LogP contribution >= 0.6 is 0 Å². The zero-order valence-electron chi connectivity index (χ0n) is 13.1. The molecule has 2 rings (SSSR count). The molecule has 7 heteroatoms. The van der Waals surface area contributed by atoms with E-state index in [-0.39, 0.29) is 10.9 Å². The predicted molar refractivity (Wildman–Crippen MR) is 87.5 cm³/mol. The van der Waals surface area contributed by atoms with Crippen LogP contribution in [-0.2, 0) is 11.3 Å². The van der Waals surface area contributed by atoms with Crippen molar-refractivity contribution in [3.05, 3.63) is 40.2 Å². The van der Waals surface area contributed by atoms with Crippen molar-refractivity contribution >= 4 is 28.5 Å². The number of nitrogen functional groups attached to an aromatic ring is 1. The predicted octanol–water partition coefficient (Wildman–Crippen LogP) is 1.15. The average molecular weight is 317 g/mol. The maximum Gasteiger partial charge on any atom is 0.323 e. The van der Waals surface area contributed by atoms with Crippen LogP contribution in [0, 0.1) is 0 Å². The molecule has 0 aliphatic rings. The number of hydrogen-bond donors (Lipinski definition) is 2. The number of nitrogens with zero attached hydrogens (tertiary/aromatic N) is 2. The van der Waals surface area contributed by atoms with E-state index in [0.717, 1.165) is 11.3 Å². The van der Waals surface area contributed by atoms with E-state index in [0.29, 0.717) is 17.7 Å². The SMILES string of the molecule is CCCn1cc(C(=O)N(C)CC(=O)O)c(=O)c2c(N)cccc21. The van der Waals surface area contributed by atoms with Crippen molar-refractivity contribution in [3.8, 4) is 0 Å². The van der Waals surface area contributed by atoms with E-state index in [1.165, 1.54) is 13.2 Å². The molecule has 0 fully saturated rings. The quantitative estimate of drug-likeness (QED) is 0.805. The summed E-state index contributed by atoms with van der Waals surface area (Å²) < 4.78 is 1.80. The molecule has 3 N–H and O–H groups in total. The Bertz CT molecular complexity index is 826. The number of carbonyl (C=O) groups excluding carboxylic acids is 1. The lowest BCUT2D eigenvalue weighted by Gasteiger charge is -2.17. The highest BCUT2D eigenvalue weighted by Crippen LogP contribution is 2.19. The van der Waals surface area contributed by atoms with Crippen molar-refractivity contribution in [1.29, 1.82) is 0 Å². The van der Waals surface area contributed by atoms with E-state index >= 15 is 0 Å². The van der Waals surface area contributed by atoms with Gasteiger partial charge in [-0.05, 0) is 18.6 Å². The number of amides is 1. The Kier molecular flexibility index (Phi) is 4.68. The van der Waals surface area contributed by atoms with Crippen LogP contribution in [0.3, 0.4) is 0 Å². The molecule has 122 valence electrons. The second-order valence-electron chi connectivity index (χ2n) is 5.36. The fourth-order valence-electron chi connectivity index (χ4n) is 2.52. The Balaban J connectivity index is 2.67. The maximum absolute atomic E-state index is 12.6. The minimum absolute atomic E-state index is 0.0763. The lowest BCUT2D eigenvalue weighted by atomic mass is 10.1. The molecule has 0 aliphatic carbocycles. The molecular weight excluding hydrogens is 298 g/mol. The number of aryl methyl sites for hydroxylation is 1. The second-order valence-corrected chi connectivity index (χ2v) is 5.36. The normalized spacial score (nSPS) is 10.7. The van der Waals surface area contributed by atoms with Crippen LogP contribution in [0.5, 0.6) is 0 Å². The van der Waals surface area contributed by atoms with Crippen molar-refractivity contribution < 1.29 is 14.7 Å². The summed E-state index contributed by atoms with van der Waals surface area (Å²) >= 11 is 0. The molecule has 1 aromatic carbocycles. The largest absolute Gasteiger partial charge is 0.480 e. The van der Waals surface area contributed by atoms with Gasteiger partial charge in [-0.3, -0.25) is 14.4 Å². The summed E-state index contributed by atoms with van der Waals surface area (Å²) in [6, 6.07) is 5.13. The second kappa shape index (κ2) is 6.51. The summed E-state index contributed by atoms with van der Waals surface area (Å²) in [6.07, 6.45) is 2.29. The third-order valence-corrected chi connectivity index (χ3v) is 3.55. The minimum atomic E-state index is -1.14. The summed E-state index contributed by atoms with van der Waals surface area (Å²) in [5.74, 6) is -1.78. The standard InChI is InChI=1S/C16H19N3O4/c1-3-7-19-8-10(16(23)18(2)9-13(20)21)15(22)14-11(17)5-4-6-12(14)19/h4-6,8H,3,7,9,17H2,1-2H3,(H,20,21). The van der Waals surface area contributed by atoms with Gasteiger partial charge in [0.25, 0.3) is 5.91 Å². The fraction of sp³-hybridized carbons (Fsp3) is 0.312. The van der Waals surface area contributed by atoms with Crippen LogP contribution in [0.25, 0.3) is 10.9 Å². The number of pyridine rings is 1. The van der Waals surface area contributed by atoms with Gasteiger partial charge in [-0.15, -0.1) is 0 Å². The number of anilines is 1. The smallest absolute Gasteiger partial charge is 0.323 e. The topological polar surface area (TPSA) is 106 Å². The van der Waals surface area contributed by atoms with E-state index < -0.39 is 23.9 Å². The molecule has 0 radical (unpaired) electrons. The van der Waals surface area contributed by atoms with Gasteiger partial charge in [0.1, 0.15) is 12.1 Å². The number of carboxylic acids is 1. The van der Waals surface area contributed by atoms with Crippen LogP contribution in [0.4, 0.5) is 5.69 Å². The molecule has 2 aromatic rings. The van der Waals surface area contributed by atoms with Gasteiger partial charge in [0.15, 0.2) is 0 Å². The van der Waals surface area contributed by atoms with E-state index in [1.807, 2.05) is 6.92 Å². The highest BCUT2D eigenvalue weighted by molar-refractivity contribution is 6.00. The molecule has 0 unspecified atom stereocenters. The van der Waals surface area contributed by atoms with Gasteiger partial charge < -0.3 is 20.3 Å². The molecule has 1 heterocycles. The molecule has 0 saturated carbocycles. The summed E-state index contributed by atoms with van der Waals surface area (Å²) in [4.78, 5) is 36.8. The molecule has 0 spiro atoms. The maximum atomic E-state index is 12.6. The Morgan fingerprint density at radius 1 is 1.35 bits per heavy atom. The molecule has 1 aromatic heterocycles. The van der Waals surface area contributed by atoms with E-state index in [9.17, 15) is 14.4 Å². The van der Waals surface area contributed by atoms with Gasteiger partial charge in [-0.25, -0.2) is 0 Å². The van der Waals surface area contributed by atoms with E-state index in [2.05, 4.69) is 0 Å². The van der Waals surface area contributed by atoms with Crippen molar-refractivity contribution in [3.63, 3.8) is 0 Å². The molecule has 7 nitrogen and oxygen atoms in total. The minimum Gasteiger partial charge on any atom is -0.480 e. The number of benzene rings is 1. The van der Waals surface area contributed by atoms with Crippen molar-refractivity contribution in [1.82, 2.24) is 9.47 Å². The third kappa shape index (κ3) is 3.18. The van der Waals surface area contributed by atoms with Gasteiger partial charge >= 0.3 is 5.97 Å². The first-order valence-electron chi connectivity index (χ1n) is 7.25. The number of likely N-dealkylation sites (N-methyl/N-ethyl adjacent to an activating group) is 1. The van der Waals surface area contributed by atoms with Crippen LogP contribution in [0.2, 0.25) is 0 Å². The van der Waals surface area contributed by atoms with Crippen LogP contribution < -0.4 is 11.2 Å². The highest BCUT2D eigenvalue weighted by atomic mass is 16.4. The number of aromatic nitrogens is 1. The van der Waals surface area contributed by atoms with Crippen LogP contribution in [-0.4, -0.2) is 40.0 Å². The summed E-state index contributed by atoms with van der Waals surface area (Å²) in [5, 5.41) is 9.09. The average Bonchev–Trinajstić information content (AvgIpc) is 2.48. The number of hydrogen-bond acceptors (Lipinski definition) is 4. The van der Waals surface area contributed by atoms with E-state index in [4.69, 9.17) is 10.8 Å². The number of carboxylic acid groups (broad SMARTS) is 1. The number of rotatable bonds is 5. The Morgan fingerprint density at radius 2 is 2.04 bits per heavy atom. The lowest BCUT2D eigenvalue weighted by molar-refractivity contribution is -0.137. The first-order chi connectivity index (χ1) is 10.9. The van der Waals surface area contributed by atoms with E-state index in [1.54, 1.807) is 22.8 Å². The zero-order valence-corrected chi connectivity index (χ0v) is 13.1. The highest BCUT2D eigenvalue weighted by Gasteiger charge is 2.21. The van der Waals surface area contributed by atoms with Gasteiger partial charge in [-0.1, -0.05) is 13.0 Å². The van der Waals surface area contributed by atoms with Crippen LogP contribution in [0.1, 0.15) is 23.7 Å². The summed E-state index contributed by atoms with van der Waals surface area (Å²) in [6.45, 7) is 2.12.